The van der Waals surface area contributed by atoms with Crippen LogP contribution < -0.4 is 24.4 Å². The van der Waals surface area contributed by atoms with Gasteiger partial charge in [-0.15, -0.1) is 11.8 Å². The molecule has 3 atom stereocenters. The predicted molar refractivity (Wildman–Crippen MR) is 127 cm³/mol. The number of carbonyl (C=O) groups excluding carboxylic acids is 1. The molecule has 0 aliphatic carbocycles. The summed E-state index contributed by atoms with van der Waals surface area (Å²) in [6.07, 6.45) is 0. The van der Waals surface area contributed by atoms with Crippen molar-refractivity contribution in [1.29, 1.82) is 0 Å². The lowest BCUT2D eigenvalue weighted by molar-refractivity contribution is -0.120. The fourth-order valence-electron chi connectivity index (χ4n) is 3.98. The van der Waals surface area contributed by atoms with Crippen LogP contribution in [0.3, 0.4) is 0 Å². The van der Waals surface area contributed by atoms with Crippen molar-refractivity contribution in [3.8, 4) is 17.2 Å². The third kappa shape index (κ3) is 4.22. The van der Waals surface area contributed by atoms with Gasteiger partial charge in [-0.3, -0.25) is 9.59 Å². The highest BCUT2D eigenvalue weighted by atomic mass is 32.2. The average molecular weight is 473 g/mol. The third-order valence-corrected chi connectivity index (χ3v) is 7.84. The van der Waals surface area contributed by atoms with E-state index in [4.69, 9.17) is 14.2 Å². The Balaban J connectivity index is 1.75. The molecule has 9 heteroatoms. The van der Waals surface area contributed by atoms with Gasteiger partial charge in [0.15, 0.2) is 11.5 Å². The second kappa shape index (κ2) is 9.30. The Bertz CT molecular complexity index is 1170. The Morgan fingerprint density at radius 1 is 1.00 bits per heavy atom. The number of ether oxygens (including phenoxy) is 3. The molecule has 7 nitrogen and oxygen atoms in total. The van der Waals surface area contributed by atoms with Crippen LogP contribution in [0.2, 0.25) is 0 Å². The van der Waals surface area contributed by atoms with Crippen molar-refractivity contribution in [3.63, 3.8) is 0 Å². The van der Waals surface area contributed by atoms with Gasteiger partial charge in [0.2, 0.25) is 5.91 Å². The van der Waals surface area contributed by atoms with Crippen molar-refractivity contribution >= 4 is 34.7 Å². The molecule has 2 heterocycles. The zero-order chi connectivity index (χ0) is 22.8. The molecular weight excluding hydrogens is 448 g/mol. The molecular formula is C23H24N2O5S2. The van der Waals surface area contributed by atoms with Gasteiger partial charge in [-0.1, -0.05) is 24.3 Å². The zero-order valence-electron chi connectivity index (χ0n) is 18.1. The van der Waals surface area contributed by atoms with Gasteiger partial charge in [0.05, 0.1) is 32.3 Å². The number of hydrogen-bond acceptors (Lipinski definition) is 7. The molecule has 4 rings (SSSR count). The summed E-state index contributed by atoms with van der Waals surface area (Å²) < 4.78 is 16.1. The number of aromatic nitrogens is 1. The number of amides is 1. The molecule has 0 bridgehead atoms. The predicted octanol–water partition coefficient (Wildman–Crippen LogP) is 4.34. The number of rotatable bonds is 6. The number of methoxy groups -OCH3 is 3. The van der Waals surface area contributed by atoms with Gasteiger partial charge in [-0.2, -0.15) is 0 Å². The molecule has 168 valence electrons. The number of carbonyl (C=O) groups is 1. The molecule has 1 amide bonds. The molecule has 0 unspecified atom stereocenters. The van der Waals surface area contributed by atoms with Crippen LogP contribution >= 0.6 is 23.1 Å². The fourth-order valence-corrected chi connectivity index (χ4v) is 6.42. The van der Waals surface area contributed by atoms with E-state index in [1.165, 1.54) is 11.8 Å². The maximum Gasteiger partial charge on any atom is 0.305 e. The van der Waals surface area contributed by atoms with Crippen LogP contribution in [0.25, 0.3) is 0 Å². The Kier molecular flexibility index (Phi) is 6.48. The van der Waals surface area contributed by atoms with Gasteiger partial charge in [-0.05, 0) is 42.0 Å². The standard InChI is InChI=1S/C23H24N2O5S2/c1-12-18(21(26)24-14-6-8-15(28-2)9-7-14)19(20-22(31-12)25-23(27)32-20)13-5-10-16(29-3)17(11-13)30-4/h5-12,18-19H,1-4H3,(H,24,26)(H,25,27)/t12-,18-,19-/m0/s1. The van der Waals surface area contributed by atoms with Gasteiger partial charge in [-0.25, -0.2) is 0 Å². The molecule has 32 heavy (non-hydrogen) atoms. The molecule has 1 aliphatic heterocycles. The first kappa shape index (κ1) is 22.3. The van der Waals surface area contributed by atoms with Crippen LogP contribution in [0.1, 0.15) is 23.3 Å². The van der Waals surface area contributed by atoms with E-state index in [1.807, 2.05) is 37.3 Å². The number of nitrogens with one attached hydrogen (secondary N) is 2. The Labute approximate surface area is 194 Å². The number of fused-ring (bicyclic) bond motifs is 1. The lowest BCUT2D eigenvalue weighted by Gasteiger charge is -2.35. The van der Waals surface area contributed by atoms with E-state index in [0.717, 1.165) is 32.6 Å². The molecule has 0 fully saturated rings. The minimum atomic E-state index is -0.404. The number of anilines is 1. The Morgan fingerprint density at radius 2 is 1.72 bits per heavy atom. The lowest BCUT2D eigenvalue weighted by atomic mass is 9.81. The van der Waals surface area contributed by atoms with Crippen molar-refractivity contribution in [3.05, 3.63) is 62.6 Å². The van der Waals surface area contributed by atoms with Crippen molar-refractivity contribution in [2.75, 3.05) is 26.6 Å². The van der Waals surface area contributed by atoms with Crippen molar-refractivity contribution in [1.82, 2.24) is 4.98 Å². The lowest BCUT2D eigenvalue weighted by Crippen LogP contribution is -2.37. The normalized spacial score (nSPS) is 19.7. The summed E-state index contributed by atoms with van der Waals surface area (Å²) in [7, 11) is 4.76. The largest absolute Gasteiger partial charge is 0.497 e. The molecule has 0 spiro atoms. The van der Waals surface area contributed by atoms with Gasteiger partial charge in [0.1, 0.15) is 5.75 Å². The fraction of sp³-hybridized carbons (Fsp3) is 0.304. The molecule has 0 saturated carbocycles. The summed E-state index contributed by atoms with van der Waals surface area (Å²) in [6.45, 7) is 2.01. The summed E-state index contributed by atoms with van der Waals surface area (Å²) >= 11 is 2.67. The van der Waals surface area contributed by atoms with Gasteiger partial charge in [0, 0.05) is 21.7 Å². The highest BCUT2D eigenvalue weighted by molar-refractivity contribution is 8.00. The number of thiazole rings is 1. The van der Waals surface area contributed by atoms with Crippen LogP contribution in [0.4, 0.5) is 5.69 Å². The van der Waals surface area contributed by atoms with E-state index >= 15 is 0 Å². The smallest absolute Gasteiger partial charge is 0.305 e. The molecule has 0 radical (unpaired) electrons. The van der Waals surface area contributed by atoms with Gasteiger partial charge >= 0.3 is 4.87 Å². The van der Waals surface area contributed by atoms with E-state index in [0.29, 0.717) is 17.2 Å². The summed E-state index contributed by atoms with van der Waals surface area (Å²) in [6, 6.07) is 12.9. The maximum atomic E-state index is 13.5. The maximum absolute atomic E-state index is 13.5. The average Bonchev–Trinajstić information content (AvgIpc) is 3.17. The summed E-state index contributed by atoms with van der Waals surface area (Å²) in [5.74, 6) is 1.09. The molecule has 1 aliphatic rings. The van der Waals surface area contributed by atoms with Crippen LogP contribution in [0.15, 0.2) is 52.3 Å². The quantitative estimate of drug-likeness (QED) is 0.555. The van der Waals surface area contributed by atoms with Crippen LogP contribution in [-0.4, -0.2) is 37.5 Å². The minimum Gasteiger partial charge on any atom is -0.497 e. The summed E-state index contributed by atoms with van der Waals surface area (Å²) in [5.41, 5.74) is 1.58. The van der Waals surface area contributed by atoms with E-state index in [9.17, 15) is 9.59 Å². The van der Waals surface area contributed by atoms with Crippen molar-refractivity contribution in [2.45, 2.75) is 23.1 Å². The highest BCUT2D eigenvalue weighted by Gasteiger charge is 2.42. The van der Waals surface area contributed by atoms with E-state index < -0.39 is 5.92 Å². The summed E-state index contributed by atoms with van der Waals surface area (Å²) in [5, 5.41) is 3.79. The second-order valence-electron chi connectivity index (χ2n) is 7.37. The first-order chi connectivity index (χ1) is 15.4. The van der Waals surface area contributed by atoms with Crippen LogP contribution in [-0.2, 0) is 4.79 Å². The number of aromatic amines is 1. The first-order valence-electron chi connectivity index (χ1n) is 10.0. The van der Waals surface area contributed by atoms with E-state index in [1.54, 1.807) is 33.5 Å². The topological polar surface area (TPSA) is 89.7 Å². The van der Waals surface area contributed by atoms with Gasteiger partial charge < -0.3 is 24.5 Å². The second-order valence-corrected chi connectivity index (χ2v) is 9.77. The molecule has 2 N–H and O–H groups in total. The van der Waals surface area contributed by atoms with E-state index in [2.05, 4.69) is 10.3 Å². The van der Waals surface area contributed by atoms with E-state index in [-0.39, 0.29) is 21.9 Å². The van der Waals surface area contributed by atoms with Crippen LogP contribution in [0, 0.1) is 5.92 Å². The summed E-state index contributed by atoms with van der Waals surface area (Å²) in [4.78, 5) is 29.4. The number of thioether (sulfide) groups is 1. The number of H-pyrrole nitrogens is 1. The molecule has 1 aromatic heterocycles. The molecule has 3 aromatic rings. The van der Waals surface area contributed by atoms with Crippen LogP contribution in [0.5, 0.6) is 17.2 Å². The highest BCUT2D eigenvalue weighted by Crippen LogP contribution is 2.50. The third-order valence-electron chi connectivity index (χ3n) is 5.52. The molecule has 2 aromatic carbocycles. The van der Waals surface area contributed by atoms with Gasteiger partial charge in [0.25, 0.3) is 0 Å². The SMILES string of the molecule is COc1ccc(NC(=O)[C@@H]2[C@H](c3ccc(OC)c(OC)c3)c3sc(=O)[nH]c3S[C@H]2C)cc1. The number of benzene rings is 2. The Hall–Kier alpha value is -2.91. The first-order valence-corrected chi connectivity index (χ1v) is 11.7. The molecule has 0 saturated heterocycles. The Morgan fingerprint density at radius 3 is 2.38 bits per heavy atom. The minimum absolute atomic E-state index is 0.0657. The number of hydrogen-bond donors (Lipinski definition) is 2. The van der Waals surface area contributed by atoms with Crippen molar-refractivity contribution < 1.29 is 19.0 Å². The van der Waals surface area contributed by atoms with Crippen molar-refractivity contribution in [2.24, 2.45) is 5.92 Å². The zero-order valence-corrected chi connectivity index (χ0v) is 19.8. The monoisotopic (exact) mass is 472 g/mol.